The van der Waals surface area contributed by atoms with Gasteiger partial charge in [0.2, 0.25) is 0 Å². The number of carbonyl (C=O) groups is 1. The lowest BCUT2D eigenvalue weighted by molar-refractivity contribution is -0.149. The Bertz CT molecular complexity index is 917. The number of aliphatic hydroxyl groups is 1. The predicted molar refractivity (Wildman–Crippen MR) is 107 cm³/mol. The number of carbonyl (C=O) groups excluding carboxylic acids is 1. The van der Waals surface area contributed by atoms with Crippen LogP contribution in [0.2, 0.25) is 0 Å². The Morgan fingerprint density at radius 2 is 2.25 bits per heavy atom. The van der Waals surface area contributed by atoms with Crippen LogP contribution in [-0.2, 0) is 16.0 Å². The van der Waals surface area contributed by atoms with E-state index in [0.29, 0.717) is 0 Å². The minimum atomic E-state index is -0.525. The summed E-state index contributed by atoms with van der Waals surface area (Å²) >= 11 is 0. The van der Waals surface area contributed by atoms with Gasteiger partial charge >= 0.3 is 5.97 Å². The molecule has 2 aliphatic heterocycles. The Morgan fingerprint density at radius 1 is 1.43 bits per heavy atom. The number of aromatic amines is 1. The largest absolute Gasteiger partial charge is 0.496 e. The number of allylic oxidation sites excluding steroid dienone is 1. The summed E-state index contributed by atoms with van der Waals surface area (Å²) < 4.78 is 10.6. The fraction of sp³-hybridized carbons (Fsp3) is 0.500. The average molecular weight is 384 g/mol. The number of ether oxygens (including phenoxy) is 2. The smallest absolute Gasteiger partial charge is 0.311 e. The monoisotopic (exact) mass is 384 g/mol. The summed E-state index contributed by atoms with van der Waals surface area (Å²) in [7, 11) is 3.10. The minimum Gasteiger partial charge on any atom is -0.496 e. The van der Waals surface area contributed by atoms with Crippen molar-refractivity contribution in [3.05, 3.63) is 41.1 Å². The minimum absolute atomic E-state index is 0.0250. The highest BCUT2D eigenvalue weighted by molar-refractivity contribution is 5.91. The lowest BCUT2D eigenvalue weighted by Gasteiger charge is -2.45. The molecule has 6 nitrogen and oxygen atoms in total. The van der Waals surface area contributed by atoms with Gasteiger partial charge in [0.1, 0.15) is 5.75 Å². The molecule has 3 heterocycles. The molecule has 28 heavy (non-hydrogen) atoms. The molecule has 2 aromatic rings. The molecule has 2 aliphatic rings. The van der Waals surface area contributed by atoms with Crippen LogP contribution in [0.4, 0.5) is 0 Å². The second kappa shape index (κ2) is 7.60. The standard InChI is InChI=1S/C22H28N2O4/c1-4-13-11-24-9-8-14-20-17(6-5-7-19(20)27-2)23-21(14)18(24)10-15(13)16(12-25)22(26)28-3/h4-7,15-16,18,23,25H,8-12H2,1-3H3/b13-4-/t15-,16-,18-/m0/s1. The van der Waals surface area contributed by atoms with Crippen LogP contribution in [0.25, 0.3) is 10.9 Å². The van der Waals surface area contributed by atoms with Gasteiger partial charge in [0.25, 0.3) is 0 Å². The Morgan fingerprint density at radius 3 is 2.93 bits per heavy atom. The van der Waals surface area contributed by atoms with Crippen LogP contribution in [0.1, 0.15) is 30.6 Å². The molecule has 0 radical (unpaired) electrons. The zero-order valence-corrected chi connectivity index (χ0v) is 16.7. The third-order valence-corrected chi connectivity index (χ3v) is 6.46. The summed E-state index contributed by atoms with van der Waals surface area (Å²) in [4.78, 5) is 18.4. The van der Waals surface area contributed by atoms with E-state index >= 15 is 0 Å². The van der Waals surface area contributed by atoms with Crippen LogP contribution in [0.3, 0.4) is 0 Å². The maximum atomic E-state index is 12.3. The summed E-state index contributed by atoms with van der Waals surface area (Å²) in [6.07, 6.45) is 3.84. The van der Waals surface area contributed by atoms with E-state index in [2.05, 4.69) is 22.0 Å². The number of piperidine rings is 1. The van der Waals surface area contributed by atoms with Gasteiger partial charge in [-0.25, -0.2) is 0 Å². The van der Waals surface area contributed by atoms with Crippen LogP contribution in [0.5, 0.6) is 5.75 Å². The van der Waals surface area contributed by atoms with Gasteiger partial charge in [-0.05, 0) is 43.4 Å². The van der Waals surface area contributed by atoms with Gasteiger partial charge in [0.05, 0.1) is 32.8 Å². The molecule has 1 saturated heterocycles. The second-order valence-corrected chi connectivity index (χ2v) is 7.65. The van der Waals surface area contributed by atoms with Crippen molar-refractivity contribution in [2.45, 2.75) is 25.8 Å². The Hall–Kier alpha value is -2.31. The molecule has 150 valence electrons. The zero-order valence-electron chi connectivity index (χ0n) is 16.7. The number of H-pyrrole nitrogens is 1. The van der Waals surface area contributed by atoms with E-state index in [4.69, 9.17) is 9.47 Å². The second-order valence-electron chi connectivity index (χ2n) is 7.65. The van der Waals surface area contributed by atoms with E-state index in [9.17, 15) is 9.90 Å². The lowest BCUT2D eigenvalue weighted by Crippen LogP contribution is -2.45. The molecule has 3 atom stereocenters. The van der Waals surface area contributed by atoms with E-state index in [1.807, 2.05) is 19.1 Å². The van der Waals surface area contributed by atoms with Gasteiger partial charge < -0.3 is 19.6 Å². The first kappa shape index (κ1) is 19.0. The lowest BCUT2D eigenvalue weighted by atomic mass is 9.75. The first-order chi connectivity index (χ1) is 13.6. The number of nitrogens with zero attached hydrogens (tertiary/aromatic N) is 1. The maximum absolute atomic E-state index is 12.3. The van der Waals surface area contributed by atoms with Crippen molar-refractivity contribution < 1.29 is 19.4 Å². The first-order valence-electron chi connectivity index (χ1n) is 9.88. The molecule has 1 aromatic carbocycles. The summed E-state index contributed by atoms with van der Waals surface area (Å²) in [6.45, 7) is 3.59. The summed E-state index contributed by atoms with van der Waals surface area (Å²) in [6, 6.07) is 6.28. The number of benzene rings is 1. The number of methoxy groups -OCH3 is 2. The zero-order chi connectivity index (χ0) is 19.8. The topological polar surface area (TPSA) is 74.8 Å². The summed E-state index contributed by atoms with van der Waals surface area (Å²) in [5.74, 6) is 0.00740. The Kier molecular flexibility index (Phi) is 5.17. The SMILES string of the molecule is C/C=C1/CN2CCc3c([nH]c4cccc(OC)c34)[C@@H]2C[C@@H]1[C@H](CO)C(=O)OC. The average Bonchev–Trinajstić information content (AvgIpc) is 3.12. The number of aliphatic hydroxyl groups excluding tert-OH is 1. The van der Waals surface area contributed by atoms with Crippen LogP contribution < -0.4 is 4.74 Å². The van der Waals surface area contributed by atoms with Crippen LogP contribution >= 0.6 is 0 Å². The number of aromatic nitrogens is 1. The van der Waals surface area contributed by atoms with Crippen LogP contribution in [-0.4, -0.2) is 54.9 Å². The molecule has 0 spiro atoms. The highest BCUT2D eigenvalue weighted by Gasteiger charge is 2.42. The number of nitrogens with one attached hydrogen (secondary N) is 1. The third kappa shape index (κ3) is 2.91. The molecule has 4 rings (SSSR count). The van der Waals surface area contributed by atoms with Crippen molar-refractivity contribution in [3.63, 3.8) is 0 Å². The first-order valence-corrected chi connectivity index (χ1v) is 9.88. The van der Waals surface area contributed by atoms with Gasteiger partial charge in [-0.3, -0.25) is 9.69 Å². The van der Waals surface area contributed by atoms with E-state index in [1.165, 1.54) is 29.3 Å². The van der Waals surface area contributed by atoms with Crippen molar-refractivity contribution in [3.8, 4) is 5.75 Å². The van der Waals surface area contributed by atoms with Gasteiger partial charge in [-0.1, -0.05) is 17.7 Å². The van der Waals surface area contributed by atoms with Crippen molar-refractivity contribution in [1.29, 1.82) is 0 Å². The number of esters is 1. The Labute approximate surface area is 165 Å². The molecule has 1 fully saturated rings. The molecule has 0 bridgehead atoms. The summed E-state index contributed by atoms with van der Waals surface area (Å²) in [5, 5.41) is 11.1. The maximum Gasteiger partial charge on any atom is 0.311 e. The third-order valence-electron chi connectivity index (χ3n) is 6.46. The van der Waals surface area contributed by atoms with Gasteiger partial charge in [0, 0.05) is 29.7 Å². The van der Waals surface area contributed by atoms with Crippen molar-refractivity contribution >= 4 is 16.9 Å². The number of rotatable bonds is 4. The van der Waals surface area contributed by atoms with Crippen molar-refractivity contribution in [2.75, 3.05) is 33.9 Å². The molecule has 2 N–H and O–H groups in total. The number of hydrogen-bond donors (Lipinski definition) is 2. The highest BCUT2D eigenvalue weighted by atomic mass is 16.5. The van der Waals surface area contributed by atoms with Gasteiger partial charge in [0.15, 0.2) is 0 Å². The molecule has 6 heteroatoms. The molecular weight excluding hydrogens is 356 g/mol. The van der Waals surface area contributed by atoms with Gasteiger partial charge in [-0.15, -0.1) is 0 Å². The van der Waals surface area contributed by atoms with E-state index in [0.717, 1.165) is 37.2 Å². The highest BCUT2D eigenvalue weighted by Crippen LogP contribution is 2.46. The molecule has 0 amide bonds. The number of hydrogen-bond acceptors (Lipinski definition) is 5. The van der Waals surface area contributed by atoms with Crippen LogP contribution in [0.15, 0.2) is 29.8 Å². The van der Waals surface area contributed by atoms with Crippen molar-refractivity contribution in [2.24, 2.45) is 11.8 Å². The van der Waals surface area contributed by atoms with E-state index < -0.39 is 5.92 Å². The van der Waals surface area contributed by atoms with E-state index in [1.54, 1.807) is 7.11 Å². The molecule has 1 aromatic heterocycles. The van der Waals surface area contributed by atoms with E-state index in [-0.39, 0.29) is 24.5 Å². The molecule has 0 aliphatic carbocycles. The fourth-order valence-corrected chi connectivity index (χ4v) is 5.06. The Balaban J connectivity index is 1.76. The quantitative estimate of drug-likeness (QED) is 0.626. The molecule has 0 unspecified atom stereocenters. The van der Waals surface area contributed by atoms with Crippen molar-refractivity contribution in [1.82, 2.24) is 9.88 Å². The number of fused-ring (bicyclic) bond motifs is 5. The normalized spacial score (nSPS) is 24.6. The summed E-state index contributed by atoms with van der Waals surface area (Å²) in [5.41, 5.74) is 4.83. The van der Waals surface area contributed by atoms with Gasteiger partial charge in [-0.2, -0.15) is 0 Å². The predicted octanol–water partition coefficient (Wildman–Crippen LogP) is 2.82. The fourth-order valence-electron chi connectivity index (χ4n) is 5.06. The molecular formula is C22H28N2O4. The van der Waals surface area contributed by atoms with Crippen LogP contribution in [0, 0.1) is 11.8 Å². The molecule has 0 saturated carbocycles.